The first kappa shape index (κ1) is 29.9. The first-order valence-corrected chi connectivity index (χ1v) is 7.60. The molecule has 0 aliphatic heterocycles. The van der Waals surface area contributed by atoms with E-state index in [2.05, 4.69) is 0 Å². The van der Waals surface area contributed by atoms with Gasteiger partial charge in [0, 0.05) is 62.0 Å². The zero-order valence-electron chi connectivity index (χ0n) is 7.16. The van der Waals surface area contributed by atoms with E-state index < -0.39 is 18.3 Å². The summed E-state index contributed by atoms with van der Waals surface area (Å²) in [6.07, 6.45) is 0. The van der Waals surface area contributed by atoms with Gasteiger partial charge in [-0.05, 0) is 0 Å². The second kappa shape index (κ2) is 11.9. The minimum Gasteiger partial charge on any atom is -0.412 e. The Bertz CT molecular complexity index is 264. The minimum absolute atomic E-state index is 0. The van der Waals surface area contributed by atoms with Crippen molar-refractivity contribution < 1.29 is 39.7 Å². The van der Waals surface area contributed by atoms with E-state index in [-0.39, 0.29) is 92.6 Å². The van der Waals surface area contributed by atoms with E-state index in [1.54, 1.807) is 0 Å². The van der Waals surface area contributed by atoms with Crippen LogP contribution in [-0.4, -0.2) is 96.0 Å². The molecule has 84 valence electrons. The average Bonchev–Trinajstić information content (AvgIpc) is 1.57. The molecule has 14 heavy (non-hydrogen) atoms. The molecule has 2 radical (unpaired) electrons. The van der Waals surface area contributed by atoms with Gasteiger partial charge in [0.05, 0.1) is 19.7 Å². The van der Waals surface area contributed by atoms with Crippen LogP contribution in [0.2, 0.25) is 0 Å². The summed E-state index contributed by atoms with van der Waals surface area (Å²) in [5, 5.41) is 0. The molecule has 0 saturated carbocycles. The fourth-order valence-corrected chi connectivity index (χ4v) is 5.69. The molecule has 0 aliphatic carbocycles. The number of rotatable bonds is 3. The van der Waals surface area contributed by atoms with Crippen LogP contribution in [0.1, 0.15) is 2.85 Å². The van der Waals surface area contributed by atoms with Gasteiger partial charge in [0.25, 0.3) is 0 Å². The summed E-state index contributed by atoms with van der Waals surface area (Å²) in [7, 11) is -9.54. The van der Waals surface area contributed by atoms with Gasteiger partial charge in [0.15, 0.2) is 0 Å². The van der Waals surface area contributed by atoms with Crippen molar-refractivity contribution in [2.24, 2.45) is 0 Å². The average molecular weight is 312 g/mol. The van der Waals surface area contributed by atoms with Gasteiger partial charge < -0.3 is 11.0 Å². The zero-order chi connectivity index (χ0) is 8.41. The van der Waals surface area contributed by atoms with Crippen LogP contribution in [-0.2, 0) is 18.3 Å². The van der Waals surface area contributed by atoms with Crippen molar-refractivity contribution in [3.8, 4) is 0 Å². The molecule has 0 aromatic heterocycles. The zero-order valence-corrected chi connectivity index (χ0v) is 14.4. The first-order valence-electron chi connectivity index (χ1n) is 1.53. The Kier molecular flexibility index (Phi) is 25.5. The van der Waals surface area contributed by atoms with Crippen LogP contribution < -0.4 is 0 Å². The molecule has 14 heteroatoms. The molecule has 0 bridgehead atoms. The maximum atomic E-state index is 9.80. The molecule has 0 aromatic rings. The molecule has 0 amide bonds. The maximum absolute atomic E-state index is 9.80. The third-order valence-electron chi connectivity index (χ3n) is 0.200. The summed E-state index contributed by atoms with van der Waals surface area (Å²) < 4.78 is 55.0. The molecule has 8 nitrogen and oxygen atoms in total. The normalized spacial score (nSPS) is 9.57. The Hall–Kier alpha value is 2.44. The second-order valence-corrected chi connectivity index (χ2v) is 8.77. The molecular formula is H10Na2O8S4. The minimum atomic E-state index is -4.42. The van der Waals surface area contributed by atoms with Gasteiger partial charge in [0.1, 0.15) is 0 Å². The van der Waals surface area contributed by atoms with Gasteiger partial charge in [-0.2, -0.15) is 16.8 Å². The Labute approximate surface area is 135 Å². The first-order chi connectivity index (χ1) is 4.21. The van der Waals surface area contributed by atoms with E-state index in [1.165, 1.54) is 0 Å². The summed E-state index contributed by atoms with van der Waals surface area (Å²) in [5.74, 6) is 0. The molecule has 0 saturated heterocycles. The van der Waals surface area contributed by atoms with E-state index in [0.29, 0.717) is 0 Å². The van der Waals surface area contributed by atoms with Gasteiger partial charge >= 0.3 is 18.3 Å². The Morgan fingerprint density at radius 2 is 0.929 bits per heavy atom. The molecule has 0 unspecified atom stereocenters. The monoisotopic (exact) mass is 312 g/mol. The second-order valence-electron chi connectivity index (χ2n) is 0.992. The summed E-state index contributed by atoms with van der Waals surface area (Å²) in [5.41, 5.74) is 0. The van der Waals surface area contributed by atoms with Crippen LogP contribution in [0.25, 0.3) is 0 Å². The Morgan fingerprint density at radius 1 is 0.786 bits per heavy atom. The van der Waals surface area contributed by atoms with E-state index in [4.69, 9.17) is 9.11 Å². The van der Waals surface area contributed by atoms with Gasteiger partial charge in [-0.25, -0.2) is 0 Å². The Balaban J connectivity index is -0.0000000270. The van der Waals surface area contributed by atoms with E-state index in [1.807, 2.05) is 0 Å². The van der Waals surface area contributed by atoms with Crippen LogP contribution in [0.15, 0.2) is 0 Å². The fourth-order valence-electron chi connectivity index (χ4n) is 0.0702. The summed E-state index contributed by atoms with van der Waals surface area (Å²) >= 11 is 0. The molecule has 0 aromatic carbocycles. The van der Waals surface area contributed by atoms with Crippen molar-refractivity contribution >= 4 is 97.1 Å². The van der Waals surface area contributed by atoms with Crippen molar-refractivity contribution in [1.29, 1.82) is 0 Å². The summed E-state index contributed by atoms with van der Waals surface area (Å²) in [4.78, 5) is 0. The third kappa shape index (κ3) is 29.3. The molecule has 6 N–H and O–H groups in total. The van der Waals surface area contributed by atoms with E-state index >= 15 is 0 Å². The van der Waals surface area contributed by atoms with Crippen molar-refractivity contribution in [2.75, 3.05) is 0 Å². The molecule has 0 spiro atoms. The van der Waals surface area contributed by atoms with Gasteiger partial charge in [-0.3, -0.25) is 9.11 Å². The molecule has 0 atom stereocenters. The topological polar surface area (TPSA) is 172 Å². The maximum Gasteiger partial charge on any atom is 0.330 e. The van der Waals surface area contributed by atoms with Crippen LogP contribution in [0.3, 0.4) is 0 Å². The molecule has 0 rings (SSSR count). The summed E-state index contributed by atoms with van der Waals surface area (Å²) in [6.45, 7) is 0. The van der Waals surface area contributed by atoms with Crippen LogP contribution >= 0.6 is 19.7 Å². The smallest absolute Gasteiger partial charge is 0.330 e. The number of hydrogen-bond donors (Lipinski definition) is 2. The Morgan fingerprint density at radius 3 is 1.00 bits per heavy atom. The number of hydrogen-bond acceptors (Lipinski definition) is 6. The molecule has 0 aliphatic rings. The predicted molar refractivity (Wildman–Crippen MR) is 61.2 cm³/mol. The summed E-state index contributed by atoms with van der Waals surface area (Å²) in [6, 6.07) is 0. The van der Waals surface area contributed by atoms with Crippen molar-refractivity contribution in [1.82, 2.24) is 0 Å². The third-order valence-corrected chi connectivity index (χ3v) is 6.89. The molecular weight excluding hydrogens is 302 g/mol. The van der Waals surface area contributed by atoms with E-state index in [0.717, 1.165) is 0 Å². The fraction of sp³-hybridized carbons (Fsp3) is 0. The predicted octanol–water partition coefficient (Wildman–Crippen LogP) is -1.95. The standard InChI is InChI=1S/2Na.H2O6S4.2H2O.2H2/c;;1-9(2,3)7-8-10(4,5)6;;;;/h;;(H,1,2,3)(H,4,5,6);2*1H2;2*1H. The largest absolute Gasteiger partial charge is 0.412 e. The molecule has 0 heterocycles. The quantitative estimate of drug-likeness (QED) is 0.344. The van der Waals surface area contributed by atoms with E-state index in [9.17, 15) is 16.8 Å². The van der Waals surface area contributed by atoms with Gasteiger partial charge in [0.2, 0.25) is 0 Å². The van der Waals surface area contributed by atoms with Gasteiger partial charge in [-0.15, -0.1) is 0 Å². The van der Waals surface area contributed by atoms with Gasteiger partial charge in [-0.1, -0.05) is 0 Å². The van der Waals surface area contributed by atoms with Crippen LogP contribution in [0.4, 0.5) is 0 Å². The molecule has 0 fully saturated rings. The van der Waals surface area contributed by atoms with Crippen LogP contribution in [0, 0.1) is 0 Å². The van der Waals surface area contributed by atoms with Crippen LogP contribution in [0.5, 0.6) is 0 Å². The SMILES string of the molecule is O.O.O=S(=O)(O)SSS(=O)(=O)O.[HH].[HH].[Na].[Na]. The van der Waals surface area contributed by atoms with Crippen molar-refractivity contribution in [3.05, 3.63) is 0 Å². The van der Waals surface area contributed by atoms with Crippen molar-refractivity contribution in [3.63, 3.8) is 0 Å². The van der Waals surface area contributed by atoms with Crippen molar-refractivity contribution in [2.45, 2.75) is 0 Å².